The van der Waals surface area contributed by atoms with Crippen molar-refractivity contribution in [3.05, 3.63) is 63.2 Å². The van der Waals surface area contributed by atoms with Gasteiger partial charge in [0.05, 0.1) is 18.9 Å². The van der Waals surface area contributed by atoms with Gasteiger partial charge >= 0.3 is 0 Å². The number of fused-ring (bicyclic) bond motifs is 2. The zero-order valence-electron chi connectivity index (χ0n) is 16.9. The van der Waals surface area contributed by atoms with Crippen molar-refractivity contribution in [2.24, 2.45) is 0 Å². The molecule has 8 nitrogen and oxygen atoms in total. The molecule has 2 aromatic heterocycles. The minimum Gasteiger partial charge on any atom is -0.496 e. The van der Waals surface area contributed by atoms with Crippen molar-refractivity contribution in [1.29, 1.82) is 0 Å². The molecule has 0 spiro atoms. The van der Waals surface area contributed by atoms with E-state index in [0.717, 1.165) is 35.5 Å². The van der Waals surface area contributed by atoms with Gasteiger partial charge in [0.2, 0.25) is 0 Å². The number of nitrogens with one attached hydrogen (secondary N) is 1. The largest absolute Gasteiger partial charge is 0.496 e. The molecule has 1 aromatic carbocycles. The highest BCUT2D eigenvalue weighted by atomic mass is 16.5. The van der Waals surface area contributed by atoms with Crippen molar-refractivity contribution in [2.75, 3.05) is 20.7 Å². The van der Waals surface area contributed by atoms with E-state index < -0.39 is 0 Å². The molecule has 1 aliphatic heterocycles. The van der Waals surface area contributed by atoms with Crippen molar-refractivity contribution in [3.63, 3.8) is 0 Å². The van der Waals surface area contributed by atoms with Crippen LogP contribution < -0.4 is 15.6 Å². The molecule has 1 aliphatic rings. The van der Waals surface area contributed by atoms with Crippen molar-refractivity contribution in [1.82, 2.24) is 24.4 Å². The van der Waals surface area contributed by atoms with Gasteiger partial charge in [0.15, 0.2) is 5.65 Å². The Morgan fingerprint density at radius 2 is 2.10 bits per heavy atom. The zero-order chi connectivity index (χ0) is 20.5. The van der Waals surface area contributed by atoms with Gasteiger partial charge in [-0.25, -0.2) is 0 Å². The Labute approximate surface area is 168 Å². The van der Waals surface area contributed by atoms with Crippen molar-refractivity contribution in [2.45, 2.75) is 33.0 Å². The second kappa shape index (κ2) is 7.71. The Kier molecular flexibility index (Phi) is 5.10. The highest BCUT2D eigenvalue weighted by molar-refractivity contribution is 5.99. The van der Waals surface area contributed by atoms with Crippen molar-refractivity contribution >= 4 is 11.6 Å². The molecule has 0 unspecified atom stereocenters. The normalized spacial score (nSPS) is 14.0. The van der Waals surface area contributed by atoms with E-state index >= 15 is 0 Å². The van der Waals surface area contributed by atoms with E-state index in [-0.39, 0.29) is 11.5 Å². The summed E-state index contributed by atoms with van der Waals surface area (Å²) < 4.78 is 8.76. The van der Waals surface area contributed by atoms with Crippen LogP contribution in [0.5, 0.6) is 5.75 Å². The van der Waals surface area contributed by atoms with Gasteiger partial charge in [-0.2, -0.15) is 9.61 Å². The lowest BCUT2D eigenvalue weighted by molar-refractivity contribution is 0.0952. The quantitative estimate of drug-likeness (QED) is 0.707. The molecule has 1 amide bonds. The molecule has 0 aliphatic carbocycles. The van der Waals surface area contributed by atoms with E-state index in [1.807, 2.05) is 38.2 Å². The molecule has 0 atom stereocenters. The van der Waals surface area contributed by atoms with Crippen LogP contribution in [-0.2, 0) is 26.1 Å². The van der Waals surface area contributed by atoms with Crippen LogP contribution in [0, 0.1) is 0 Å². The van der Waals surface area contributed by atoms with E-state index in [2.05, 4.69) is 19.9 Å². The Morgan fingerprint density at radius 1 is 1.31 bits per heavy atom. The summed E-state index contributed by atoms with van der Waals surface area (Å²) in [5.41, 5.74) is 3.46. The van der Waals surface area contributed by atoms with E-state index in [1.54, 1.807) is 7.11 Å². The summed E-state index contributed by atoms with van der Waals surface area (Å²) in [6.45, 7) is 4.48. The molecule has 3 heterocycles. The number of benzene rings is 1. The number of nitrogens with zero attached hydrogens (tertiary/aromatic N) is 4. The summed E-state index contributed by atoms with van der Waals surface area (Å²) in [6.07, 6.45) is 2.26. The van der Waals surface area contributed by atoms with Crippen molar-refractivity contribution in [3.8, 4) is 5.75 Å². The summed E-state index contributed by atoms with van der Waals surface area (Å²) in [5.74, 6) is 0.455. The predicted octanol–water partition coefficient (Wildman–Crippen LogP) is 1.44. The fraction of sp³-hybridized carbons (Fsp3) is 0.381. The first-order chi connectivity index (χ1) is 14.0. The molecule has 0 fully saturated rings. The van der Waals surface area contributed by atoms with Gasteiger partial charge in [0.1, 0.15) is 11.3 Å². The first-order valence-corrected chi connectivity index (χ1v) is 9.76. The Hall–Kier alpha value is -3.13. The number of amides is 1. The molecule has 152 valence electrons. The molecule has 0 saturated carbocycles. The van der Waals surface area contributed by atoms with E-state index in [1.165, 1.54) is 10.7 Å². The van der Waals surface area contributed by atoms with Crippen LogP contribution in [0.25, 0.3) is 5.65 Å². The Balaban J connectivity index is 1.72. The molecule has 0 bridgehead atoms. The lowest BCUT2D eigenvalue weighted by atomic mass is 10.1. The first kappa shape index (κ1) is 19.2. The minimum absolute atomic E-state index is 0.143. The van der Waals surface area contributed by atoms with E-state index in [4.69, 9.17) is 4.74 Å². The maximum Gasteiger partial charge on any atom is 0.279 e. The number of carbonyl (C=O) groups excluding carboxylic acids is 1. The average molecular weight is 395 g/mol. The third-order valence-electron chi connectivity index (χ3n) is 5.48. The zero-order valence-corrected chi connectivity index (χ0v) is 16.9. The summed E-state index contributed by atoms with van der Waals surface area (Å²) in [6, 6.07) is 7.55. The molecule has 0 radical (unpaired) electrons. The molecule has 4 rings (SSSR count). The smallest absolute Gasteiger partial charge is 0.279 e. The van der Waals surface area contributed by atoms with Crippen LogP contribution in [0.1, 0.15) is 34.1 Å². The molecule has 3 aromatic rings. The summed E-state index contributed by atoms with van der Waals surface area (Å²) in [4.78, 5) is 28.1. The van der Waals surface area contributed by atoms with Crippen LogP contribution in [0.3, 0.4) is 0 Å². The standard InChI is InChI=1S/C21H25N5O3/c1-4-25-17-9-10-24(2)13-16(17)21(28)26-20(25)15(12-23-26)19(27)22-11-14-7-5-6-8-18(14)29-3/h5-8,12H,4,9-11,13H2,1-3H3,(H,22,27). The van der Waals surface area contributed by atoms with Crippen LogP contribution in [0.15, 0.2) is 35.3 Å². The van der Waals surface area contributed by atoms with E-state index in [0.29, 0.717) is 30.8 Å². The Morgan fingerprint density at radius 3 is 2.86 bits per heavy atom. The van der Waals surface area contributed by atoms with Gasteiger partial charge in [-0.3, -0.25) is 9.59 Å². The number of rotatable bonds is 5. The molecule has 0 saturated heterocycles. The number of aromatic nitrogens is 3. The molecular formula is C21H25N5O3. The van der Waals surface area contributed by atoms with Gasteiger partial charge in [0, 0.05) is 43.9 Å². The maximum atomic E-state index is 13.0. The average Bonchev–Trinajstić information content (AvgIpc) is 3.18. The number of methoxy groups -OCH3 is 1. The Bertz CT molecular complexity index is 1130. The summed E-state index contributed by atoms with van der Waals surface area (Å²) >= 11 is 0. The fourth-order valence-electron chi connectivity index (χ4n) is 4.00. The van der Waals surface area contributed by atoms with Gasteiger partial charge in [-0.1, -0.05) is 18.2 Å². The lowest BCUT2D eigenvalue weighted by Crippen LogP contribution is -2.37. The highest BCUT2D eigenvalue weighted by Gasteiger charge is 2.25. The number of aryl methyl sites for hydroxylation is 1. The number of carbonyl (C=O) groups is 1. The van der Waals surface area contributed by atoms with E-state index in [9.17, 15) is 9.59 Å². The topological polar surface area (TPSA) is 80.9 Å². The second-order valence-corrected chi connectivity index (χ2v) is 7.25. The van der Waals surface area contributed by atoms with Gasteiger partial charge in [0.25, 0.3) is 11.5 Å². The molecule has 1 N–H and O–H groups in total. The van der Waals surface area contributed by atoms with Crippen LogP contribution in [-0.4, -0.2) is 45.7 Å². The third kappa shape index (κ3) is 3.29. The molecule has 29 heavy (non-hydrogen) atoms. The maximum absolute atomic E-state index is 13.0. The summed E-state index contributed by atoms with van der Waals surface area (Å²) in [7, 11) is 3.61. The number of para-hydroxylation sites is 1. The number of likely N-dealkylation sites (N-methyl/N-ethyl adjacent to an activating group) is 1. The van der Waals surface area contributed by atoms with Gasteiger partial charge in [-0.15, -0.1) is 0 Å². The highest BCUT2D eigenvalue weighted by Crippen LogP contribution is 2.21. The number of ether oxygens (including phenoxy) is 1. The number of hydrogen-bond acceptors (Lipinski definition) is 5. The van der Waals surface area contributed by atoms with Crippen LogP contribution in [0.2, 0.25) is 0 Å². The summed E-state index contributed by atoms with van der Waals surface area (Å²) in [5, 5.41) is 7.18. The fourth-order valence-corrected chi connectivity index (χ4v) is 4.00. The van der Waals surface area contributed by atoms with Gasteiger partial charge < -0.3 is 19.5 Å². The minimum atomic E-state index is -0.264. The molecular weight excluding hydrogens is 370 g/mol. The predicted molar refractivity (Wildman–Crippen MR) is 109 cm³/mol. The van der Waals surface area contributed by atoms with Crippen molar-refractivity contribution < 1.29 is 9.53 Å². The van der Waals surface area contributed by atoms with Crippen LogP contribution in [0.4, 0.5) is 0 Å². The third-order valence-corrected chi connectivity index (χ3v) is 5.48. The monoisotopic (exact) mass is 395 g/mol. The SMILES string of the molecule is CCn1c2c(c(=O)n3ncc(C(=O)NCc4ccccc4OC)c13)CN(C)CC2. The second-order valence-electron chi connectivity index (χ2n) is 7.25. The molecule has 8 heteroatoms. The van der Waals surface area contributed by atoms with Crippen LogP contribution >= 0.6 is 0 Å². The van der Waals surface area contributed by atoms with Gasteiger partial charge in [-0.05, 0) is 20.0 Å². The lowest BCUT2D eigenvalue weighted by Gasteiger charge is -2.27. The number of hydrogen-bond donors (Lipinski definition) is 1. The first-order valence-electron chi connectivity index (χ1n) is 9.76.